The summed E-state index contributed by atoms with van der Waals surface area (Å²) >= 11 is 0. The number of rotatable bonds is 1. The number of amides is 1. The van der Waals surface area contributed by atoms with Gasteiger partial charge < -0.3 is 10.5 Å². The van der Waals surface area contributed by atoms with Crippen LogP contribution in [0.3, 0.4) is 0 Å². The van der Waals surface area contributed by atoms with Crippen LogP contribution in [0.1, 0.15) is 25.7 Å². The first kappa shape index (κ1) is 8.77. The Balaban J connectivity index is 1.84. The molecule has 1 amide bonds. The lowest BCUT2D eigenvalue weighted by molar-refractivity contribution is 0.0857. The second-order valence-electron chi connectivity index (χ2n) is 3.71. The van der Waals surface area contributed by atoms with Gasteiger partial charge in [-0.15, -0.1) is 0 Å². The van der Waals surface area contributed by atoms with Crippen LogP contribution in [0.5, 0.6) is 0 Å². The highest BCUT2D eigenvalue weighted by molar-refractivity contribution is 5.67. The molecule has 5 nitrogen and oxygen atoms in total. The van der Waals surface area contributed by atoms with Crippen molar-refractivity contribution in [2.24, 2.45) is 5.73 Å². The summed E-state index contributed by atoms with van der Waals surface area (Å²) in [6.45, 7) is 0.374. The molecule has 2 rings (SSSR count). The summed E-state index contributed by atoms with van der Waals surface area (Å²) in [7, 11) is 0. The molecule has 1 aliphatic carbocycles. The van der Waals surface area contributed by atoms with Gasteiger partial charge in [0.05, 0.1) is 0 Å². The van der Waals surface area contributed by atoms with E-state index in [9.17, 15) is 4.79 Å². The van der Waals surface area contributed by atoms with Crippen molar-refractivity contribution in [1.82, 2.24) is 10.4 Å². The highest BCUT2D eigenvalue weighted by Crippen LogP contribution is 2.22. The van der Waals surface area contributed by atoms with Gasteiger partial charge in [-0.05, 0) is 25.7 Å². The minimum absolute atomic E-state index is 0.338. The average molecular weight is 185 g/mol. The normalized spacial score (nSPS) is 35.6. The molecule has 3 N–H and O–H groups in total. The van der Waals surface area contributed by atoms with Crippen LogP contribution in [0.15, 0.2) is 0 Å². The van der Waals surface area contributed by atoms with Crippen LogP contribution < -0.4 is 11.2 Å². The number of carbonyl (C=O) groups is 1. The second kappa shape index (κ2) is 3.51. The number of hydrogen-bond donors (Lipinski definition) is 2. The monoisotopic (exact) mass is 185 g/mol. The fourth-order valence-corrected chi connectivity index (χ4v) is 1.92. The lowest BCUT2D eigenvalue weighted by Gasteiger charge is -2.30. The van der Waals surface area contributed by atoms with Gasteiger partial charge in [0.15, 0.2) is 6.73 Å². The number of nitrogens with zero attached hydrogens (tertiary/aromatic N) is 1. The Hall–Kier alpha value is -0.810. The van der Waals surface area contributed by atoms with Gasteiger partial charge in [0, 0.05) is 12.1 Å². The van der Waals surface area contributed by atoms with Crippen LogP contribution in [0.4, 0.5) is 4.79 Å². The molecule has 0 spiro atoms. The number of carbonyl (C=O) groups excluding carboxylic acids is 1. The van der Waals surface area contributed by atoms with E-state index in [2.05, 4.69) is 5.43 Å². The second-order valence-corrected chi connectivity index (χ2v) is 3.71. The zero-order valence-electron chi connectivity index (χ0n) is 7.53. The number of hydrogen-bond acceptors (Lipinski definition) is 4. The minimum atomic E-state index is -0.338. The lowest BCUT2D eigenvalue weighted by atomic mass is 9.92. The van der Waals surface area contributed by atoms with Crippen LogP contribution in [-0.2, 0) is 4.74 Å². The van der Waals surface area contributed by atoms with Gasteiger partial charge in [-0.1, -0.05) is 0 Å². The van der Waals surface area contributed by atoms with Crippen LogP contribution in [0, 0.1) is 0 Å². The largest absolute Gasteiger partial charge is 0.431 e. The summed E-state index contributed by atoms with van der Waals surface area (Å²) in [5.41, 5.74) is 8.46. The minimum Gasteiger partial charge on any atom is -0.431 e. The van der Waals surface area contributed by atoms with Crippen LogP contribution >= 0.6 is 0 Å². The Labute approximate surface area is 77.2 Å². The van der Waals surface area contributed by atoms with Crippen LogP contribution in [-0.4, -0.2) is 29.9 Å². The Morgan fingerprint density at radius 1 is 1.38 bits per heavy atom. The van der Waals surface area contributed by atoms with Crippen molar-refractivity contribution in [3.8, 4) is 0 Å². The zero-order valence-corrected chi connectivity index (χ0v) is 7.53. The van der Waals surface area contributed by atoms with E-state index in [1.54, 1.807) is 0 Å². The van der Waals surface area contributed by atoms with Crippen molar-refractivity contribution in [3.05, 3.63) is 0 Å². The predicted octanol–water partition coefficient (Wildman–Crippen LogP) is 0.171. The van der Waals surface area contributed by atoms with Crippen molar-refractivity contribution in [1.29, 1.82) is 0 Å². The van der Waals surface area contributed by atoms with Gasteiger partial charge in [0.1, 0.15) is 0 Å². The third-order valence-electron chi connectivity index (χ3n) is 2.75. The highest BCUT2D eigenvalue weighted by Gasteiger charge is 2.29. The molecule has 1 aliphatic heterocycles. The van der Waals surface area contributed by atoms with Gasteiger partial charge in [-0.25, -0.2) is 4.79 Å². The number of ether oxygens (including phenoxy) is 1. The smallest absolute Gasteiger partial charge is 0.423 e. The Morgan fingerprint density at radius 3 is 2.62 bits per heavy atom. The fourth-order valence-electron chi connectivity index (χ4n) is 1.92. The molecular weight excluding hydrogens is 170 g/mol. The fraction of sp³-hybridized carbons (Fsp3) is 0.875. The van der Waals surface area contributed by atoms with E-state index in [0.717, 1.165) is 25.7 Å². The van der Waals surface area contributed by atoms with Crippen LogP contribution in [0.2, 0.25) is 0 Å². The number of cyclic esters (lactones) is 1. The van der Waals surface area contributed by atoms with E-state index in [1.807, 2.05) is 5.01 Å². The highest BCUT2D eigenvalue weighted by atomic mass is 16.6. The third-order valence-corrected chi connectivity index (χ3v) is 2.75. The third kappa shape index (κ3) is 1.92. The van der Waals surface area contributed by atoms with Crippen molar-refractivity contribution in [2.45, 2.75) is 37.8 Å². The first-order valence-electron chi connectivity index (χ1n) is 4.71. The molecule has 0 aromatic rings. The first-order chi connectivity index (χ1) is 6.25. The van der Waals surface area contributed by atoms with Gasteiger partial charge in [0.25, 0.3) is 0 Å². The molecule has 1 heterocycles. The van der Waals surface area contributed by atoms with Gasteiger partial charge in [0.2, 0.25) is 0 Å². The average Bonchev–Trinajstić information content (AvgIpc) is 2.53. The number of nitrogens with one attached hydrogen (secondary N) is 1. The summed E-state index contributed by atoms with van der Waals surface area (Å²) < 4.78 is 4.79. The summed E-state index contributed by atoms with van der Waals surface area (Å²) in [6.07, 6.45) is 3.83. The summed E-state index contributed by atoms with van der Waals surface area (Å²) in [4.78, 5) is 10.8. The Kier molecular flexibility index (Phi) is 2.37. The molecule has 0 radical (unpaired) electrons. The maximum Gasteiger partial charge on any atom is 0.423 e. The Morgan fingerprint density at radius 2 is 2.08 bits per heavy atom. The summed E-state index contributed by atoms with van der Waals surface area (Å²) in [5.74, 6) is 0. The van der Waals surface area contributed by atoms with Crippen LogP contribution in [0.25, 0.3) is 0 Å². The predicted molar refractivity (Wildman–Crippen MR) is 46.6 cm³/mol. The molecule has 1 saturated carbocycles. The summed E-state index contributed by atoms with van der Waals surface area (Å²) in [6, 6.07) is 0.752. The number of nitrogens with two attached hydrogens (primary N) is 1. The van der Waals surface area contributed by atoms with E-state index >= 15 is 0 Å². The van der Waals surface area contributed by atoms with E-state index in [4.69, 9.17) is 10.5 Å². The van der Waals surface area contributed by atoms with Gasteiger partial charge >= 0.3 is 6.09 Å². The molecule has 5 heteroatoms. The molecule has 0 aromatic heterocycles. The molecule has 2 aliphatic rings. The van der Waals surface area contributed by atoms with Gasteiger partial charge in [-0.2, -0.15) is 5.01 Å². The molecule has 74 valence electrons. The van der Waals surface area contributed by atoms with E-state index < -0.39 is 0 Å². The van der Waals surface area contributed by atoms with Gasteiger partial charge in [-0.3, -0.25) is 5.43 Å². The topological polar surface area (TPSA) is 67.6 Å². The molecule has 0 aromatic carbocycles. The zero-order chi connectivity index (χ0) is 9.26. The van der Waals surface area contributed by atoms with Crippen molar-refractivity contribution < 1.29 is 9.53 Å². The SMILES string of the molecule is NC1CCC(N2COC(=O)N2)CC1. The molecular formula is C8H15N3O2. The maximum absolute atomic E-state index is 10.8. The first-order valence-corrected chi connectivity index (χ1v) is 4.71. The molecule has 0 unspecified atom stereocenters. The summed E-state index contributed by atoms with van der Waals surface area (Å²) in [5, 5.41) is 1.87. The molecule has 0 bridgehead atoms. The molecule has 13 heavy (non-hydrogen) atoms. The van der Waals surface area contributed by atoms with Crippen molar-refractivity contribution >= 4 is 6.09 Å². The van der Waals surface area contributed by atoms with E-state index in [0.29, 0.717) is 18.8 Å². The Bertz CT molecular complexity index is 202. The molecule has 2 fully saturated rings. The molecule has 1 saturated heterocycles. The maximum atomic E-state index is 10.8. The quantitative estimate of drug-likeness (QED) is 0.611. The standard InChI is InChI=1S/C8H15N3O2/c9-6-1-3-7(4-2-6)11-5-13-8(12)10-11/h6-7H,1-5,9H2,(H,10,12). The van der Waals surface area contributed by atoms with E-state index in [1.165, 1.54) is 0 Å². The number of hydrazine groups is 1. The van der Waals surface area contributed by atoms with E-state index in [-0.39, 0.29) is 6.09 Å². The lowest BCUT2D eigenvalue weighted by Crippen LogP contribution is -2.45. The van der Waals surface area contributed by atoms with Crippen molar-refractivity contribution in [2.75, 3.05) is 6.73 Å². The van der Waals surface area contributed by atoms with Crippen molar-refractivity contribution in [3.63, 3.8) is 0 Å². The molecule has 0 atom stereocenters.